The Hall–Kier alpha value is -1.75. The number of nitrogens with one attached hydrogen (secondary N) is 1. The molecule has 1 aromatic rings. The van der Waals surface area contributed by atoms with Gasteiger partial charge >= 0.3 is 5.97 Å². The van der Waals surface area contributed by atoms with Crippen LogP contribution in [0.3, 0.4) is 0 Å². The van der Waals surface area contributed by atoms with E-state index in [2.05, 4.69) is 5.32 Å². The molecule has 0 amide bonds. The number of benzene rings is 1. The molecule has 2 rings (SSSR count). The van der Waals surface area contributed by atoms with Crippen LogP contribution in [0, 0.1) is 0 Å². The average molecular weight is 265 g/mol. The lowest BCUT2D eigenvalue weighted by atomic mass is 9.90. The highest BCUT2D eigenvalue weighted by Crippen LogP contribution is 2.33. The first-order chi connectivity index (χ1) is 9.02. The van der Waals surface area contributed by atoms with Gasteiger partial charge in [0.25, 0.3) is 0 Å². The van der Waals surface area contributed by atoms with Crippen molar-refractivity contribution in [2.45, 2.75) is 31.7 Å². The molecule has 0 saturated heterocycles. The molecule has 5 heteroatoms. The number of aliphatic carboxylic acids is 1. The van der Waals surface area contributed by atoms with Gasteiger partial charge in [0.15, 0.2) is 11.5 Å². The van der Waals surface area contributed by atoms with Gasteiger partial charge < -0.3 is 19.9 Å². The average Bonchev–Trinajstić information content (AvgIpc) is 2.83. The molecule has 0 fully saturated rings. The number of ether oxygens (including phenoxy) is 2. The number of aryl methyl sites for hydroxylation is 1. The third-order valence-electron chi connectivity index (χ3n) is 3.55. The van der Waals surface area contributed by atoms with Crippen molar-refractivity contribution in [2.75, 3.05) is 13.8 Å². The van der Waals surface area contributed by atoms with E-state index in [-0.39, 0.29) is 13.2 Å². The van der Waals surface area contributed by atoms with Crippen LogP contribution in [0.4, 0.5) is 0 Å². The van der Waals surface area contributed by atoms with Gasteiger partial charge in [-0.05, 0) is 44.5 Å². The number of carboxylic acid groups (broad SMARTS) is 1. The fourth-order valence-corrected chi connectivity index (χ4v) is 2.15. The number of rotatable bonds is 6. The zero-order valence-electron chi connectivity index (χ0n) is 11.2. The van der Waals surface area contributed by atoms with Gasteiger partial charge in [-0.1, -0.05) is 6.07 Å². The largest absolute Gasteiger partial charge is 0.481 e. The lowest BCUT2D eigenvalue weighted by Gasteiger charge is -2.27. The molecular weight excluding hydrogens is 246 g/mol. The summed E-state index contributed by atoms with van der Waals surface area (Å²) in [6.45, 7) is 2.19. The molecule has 0 aliphatic carbocycles. The summed E-state index contributed by atoms with van der Waals surface area (Å²) in [6.07, 6.45) is 1.64. The van der Waals surface area contributed by atoms with E-state index in [1.807, 2.05) is 25.1 Å². The molecule has 1 heterocycles. The van der Waals surface area contributed by atoms with Crippen molar-refractivity contribution >= 4 is 5.97 Å². The number of fused-ring (bicyclic) bond motifs is 1. The van der Waals surface area contributed by atoms with Crippen LogP contribution in [0.25, 0.3) is 0 Å². The molecular formula is C14H19NO4. The second-order valence-electron chi connectivity index (χ2n) is 5.07. The van der Waals surface area contributed by atoms with Crippen LogP contribution >= 0.6 is 0 Å². The molecule has 0 saturated carbocycles. The van der Waals surface area contributed by atoms with Gasteiger partial charge in [0.2, 0.25) is 6.79 Å². The Morgan fingerprint density at radius 3 is 2.84 bits per heavy atom. The fraction of sp³-hybridized carbons (Fsp3) is 0.500. The maximum atomic E-state index is 10.9. The van der Waals surface area contributed by atoms with Gasteiger partial charge in [0.1, 0.15) is 0 Å². The van der Waals surface area contributed by atoms with Gasteiger partial charge in [-0.2, -0.15) is 0 Å². The molecule has 19 heavy (non-hydrogen) atoms. The molecule has 0 bridgehead atoms. The van der Waals surface area contributed by atoms with Crippen molar-refractivity contribution in [3.05, 3.63) is 23.8 Å². The molecule has 1 aliphatic heterocycles. The number of hydrogen-bond acceptors (Lipinski definition) is 4. The van der Waals surface area contributed by atoms with E-state index in [0.29, 0.717) is 0 Å². The number of hydrogen-bond donors (Lipinski definition) is 2. The Kier molecular flexibility index (Phi) is 3.95. The minimum Gasteiger partial charge on any atom is -0.481 e. The van der Waals surface area contributed by atoms with E-state index in [4.69, 9.17) is 14.6 Å². The smallest absolute Gasteiger partial charge is 0.305 e. The highest BCUT2D eigenvalue weighted by molar-refractivity contribution is 5.68. The summed E-state index contributed by atoms with van der Waals surface area (Å²) in [5, 5.41) is 12.0. The molecule has 1 atom stereocenters. The topological polar surface area (TPSA) is 67.8 Å². The summed E-state index contributed by atoms with van der Waals surface area (Å²) >= 11 is 0. The Morgan fingerprint density at radius 2 is 2.16 bits per heavy atom. The molecule has 2 N–H and O–H groups in total. The summed E-state index contributed by atoms with van der Waals surface area (Å²) < 4.78 is 10.6. The van der Waals surface area contributed by atoms with Crippen molar-refractivity contribution < 1.29 is 19.4 Å². The predicted molar refractivity (Wildman–Crippen MR) is 70.6 cm³/mol. The zero-order valence-corrected chi connectivity index (χ0v) is 11.2. The van der Waals surface area contributed by atoms with Crippen LogP contribution in [-0.2, 0) is 11.2 Å². The summed E-state index contributed by atoms with van der Waals surface area (Å²) in [4.78, 5) is 10.9. The first-order valence-electron chi connectivity index (χ1n) is 6.32. The van der Waals surface area contributed by atoms with Crippen LogP contribution in [0.5, 0.6) is 11.5 Å². The van der Waals surface area contributed by atoms with Crippen LogP contribution in [0.15, 0.2) is 18.2 Å². The molecule has 1 aliphatic rings. The minimum absolute atomic E-state index is 0.105. The fourth-order valence-electron chi connectivity index (χ4n) is 2.15. The minimum atomic E-state index is -0.789. The van der Waals surface area contributed by atoms with Crippen LogP contribution in [0.2, 0.25) is 0 Å². The summed E-state index contributed by atoms with van der Waals surface area (Å²) in [6, 6.07) is 5.84. The highest BCUT2D eigenvalue weighted by atomic mass is 16.7. The molecule has 1 aromatic carbocycles. The monoisotopic (exact) mass is 265 g/mol. The van der Waals surface area contributed by atoms with Crippen LogP contribution < -0.4 is 14.8 Å². The van der Waals surface area contributed by atoms with E-state index in [0.717, 1.165) is 29.9 Å². The summed E-state index contributed by atoms with van der Waals surface area (Å²) in [5.41, 5.74) is 0.721. The predicted octanol–water partition coefficient (Wildman–Crippen LogP) is 1.80. The van der Waals surface area contributed by atoms with E-state index >= 15 is 0 Å². The molecule has 104 valence electrons. The van der Waals surface area contributed by atoms with Gasteiger partial charge in [0.05, 0.1) is 6.42 Å². The SMILES string of the molecule is CNC(C)(CCc1ccc2c(c1)OCO2)CC(=O)O. The zero-order chi connectivity index (χ0) is 13.9. The number of carbonyl (C=O) groups is 1. The lowest BCUT2D eigenvalue weighted by Crippen LogP contribution is -2.42. The van der Waals surface area contributed by atoms with Gasteiger partial charge in [-0.15, -0.1) is 0 Å². The maximum Gasteiger partial charge on any atom is 0.305 e. The van der Waals surface area contributed by atoms with Crippen molar-refractivity contribution in [1.29, 1.82) is 0 Å². The Bertz CT molecular complexity index is 475. The molecule has 0 spiro atoms. The lowest BCUT2D eigenvalue weighted by molar-refractivity contribution is -0.138. The van der Waals surface area contributed by atoms with Crippen molar-refractivity contribution in [3.63, 3.8) is 0 Å². The third-order valence-corrected chi connectivity index (χ3v) is 3.55. The van der Waals surface area contributed by atoms with Crippen molar-refractivity contribution in [1.82, 2.24) is 5.32 Å². The molecule has 0 radical (unpaired) electrons. The molecule has 1 unspecified atom stereocenters. The summed E-state index contributed by atoms with van der Waals surface area (Å²) in [5.74, 6) is 0.745. The quantitative estimate of drug-likeness (QED) is 0.821. The van der Waals surface area contributed by atoms with Crippen molar-refractivity contribution in [2.24, 2.45) is 0 Å². The second kappa shape index (κ2) is 5.48. The normalized spacial score (nSPS) is 16.1. The summed E-state index contributed by atoms with van der Waals surface area (Å²) in [7, 11) is 1.79. The van der Waals surface area contributed by atoms with Crippen LogP contribution in [0.1, 0.15) is 25.3 Å². The third kappa shape index (κ3) is 3.38. The van der Waals surface area contributed by atoms with E-state index in [9.17, 15) is 4.79 Å². The second-order valence-corrected chi connectivity index (χ2v) is 5.07. The van der Waals surface area contributed by atoms with Gasteiger partial charge in [-0.25, -0.2) is 0 Å². The number of carboxylic acids is 1. The Labute approximate surface area is 112 Å². The van der Waals surface area contributed by atoms with Gasteiger partial charge in [-0.3, -0.25) is 4.79 Å². The van der Waals surface area contributed by atoms with E-state index < -0.39 is 11.5 Å². The van der Waals surface area contributed by atoms with Crippen molar-refractivity contribution in [3.8, 4) is 11.5 Å². The molecule has 5 nitrogen and oxygen atoms in total. The Balaban J connectivity index is 1.99. The van der Waals surface area contributed by atoms with E-state index in [1.165, 1.54) is 0 Å². The van der Waals surface area contributed by atoms with E-state index in [1.54, 1.807) is 7.05 Å². The highest BCUT2D eigenvalue weighted by Gasteiger charge is 2.25. The van der Waals surface area contributed by atoms with Gasteiger partial charge in [0, 0.05) is 5.54 Å². The molecule has 0 aromatic heterocycles. The first kappa shape index (κ1) is 13.7. The Morgan fingerprint density at radius 1 is 1.42 bits per heavy atom. The standard InChI is InChI=1S/C14H19NO4/c1-14(15-2,8-13(16)17)6-5-10-3-4-11-12(7-10)19-9-18-11/h3-4,7,15H,5-6,8-9H2,1-2H3,(H,16,17). The maximum absolute atomic E-state index is 10.9. The first-order valence-corrected chi connectivity index (χ1v) is 6.32. The van der Waals surface area contributed by atoms with Crippen LogP contribution in [-0.4, -0.2) is 30.5 Å².